The zero-order valence-corrected chi connectivity index (χ0v) is 16.9. The van der Waals surface area contributed by atoms with Gasteiger partial charge in [0.25, 0.3) is 5.91 Å². The first kappa shape index (κ1) is 19.9. The van der Waals surface area contributed by atoms with Crippen molar-refractivity contribution in [1.29, 1.82) is 0 Å². The lowest BCUT2D eigenvalue weighted by Crippen LogP contribution is -2.12. The normalized spacial score (nSPS) is 10.8. The van der Waals surface area contributed by atoms with E-state index in [1.165, 1.54) is 10.7 Å². The Morgan fingerprint density at radius 2 is 1.87 bits per heavy atom. The van der Waals surface area contributed by atoms with Gasteiger partial charge in [0.2, 0.25) is 0 Å². The van der Waals surface area contributed by atoms with Gasteiger partial charge in [-0.1, -0.05) is 47.5 Å². The Hall–Kier alpha value is -3.44. The lowest BCUT2D eigenvalue weighted by Gasteiger charge is -2.09. The third-order valence-electron chi connectivity index (χ3n) is 4.64. The maximum atomic E-state index is 13.9. The van der Waals surface area contributed by atoms with Gasteiger partial charge in [0, 0.05) is 22.9 Å². The quantitative estimate of drug-likeness (QED) is 0.402. The van der Waals surface area contributed by atoms with Crippen molar-refractivity contribution in [2.24, 2.45) is 0 Å². The maximum absolute atomic E-state index is 13.9. The molecule has 0 amide bonds. The number of benzene rings is 3. The molecule has 0 saturated heterocycles. The first-order valence-electron chi connectivity index (χ1n) is 9.34. The van der Waals surface area contributed by atoms with E-state index in [9.17, 15) is 9.18 Å². The van der Waals surface area contributed by atoms with E-state index in [2.05, 4.69) is 5.10 Å². The van der Waals surface area contributed by atoms with Crippen molar-refractivity contribution in [1.82, 2.24) is 9.78 Å². The summed E-state index contributed by atoms with van der Waals surface area (Å²) in [5.74, 6) is -0.0648. The molecule has 0 N–H and O–H groups in total. The molecule has 0 radical (unpaired) electrons. The summed E-state index contributed by atoms with van der Waals surface area (Å²) in [7, 11) is 0. The molecule has 0 saturated carbocycles. The average Bonchev–Trinajstić information content (AvgIpc) is 3.23. The zero-order chi connectivity index (χ0) is 21.1. The molecule has 4 aromatic rings. The Morgan fingerprint density at radius 3 is 2.67 bits per heavy atom. The van der Waals surface area contributed by atoms with Crippen molar-refractivity contribution in [2.45, 2.75) is 13.5 Å². The van der Waals surface area contributed by atoms with E-state index in [1.54, 1.807) is 42.6 Å². The second-order valence-corrected chi connectivity index (χ2v) is 7.24. The number of hydrogen-bond donors (Lipinski definition) is 0. The lowest BCUT2D eigenvalue weighted by molar-refractivity contribution is 0.0945. The van der Waals surface area contributed by atoms with Crippen LogP contribution in [0.2, 0.25) is 5.02 Å². The highest BCUT2D eigenvalue weighted by Gasteiger charge is 2.12. The Labute approximate surface area is 178 Å². The van der Waals surface area contributed by atoms with Crippen molar-refractivity contribution >= 4 is 17.5 Å². The Balaban J connectivity index is 1.52. The van der Waals surface area contributed by atoms with E-state index in [0.717, 1.165) is 11.1 Å². The fourth-order valence-electron chi connectivity index (χ4n) is 3.07. The van der Waals surface area contributed by atoms with Gasteiger partial charge in [0.1, 0.15) is 18.2 Å². The highest BCUT2D eigenvalue weighted by Crippen LogP contribution is 2.25. The molecule has 4 nitrogen and oxygen atoms in total. The second-order valence-electron chi connectivity index (χ2n) is 6.84. The van der Waals surface area contributed by atoms with E-state index in [-0.39, 0.29) is 12.5 Å². The summed E-state index contributed by atoms with van der Waals surface area (Å²) < 4.78 is 21.0. The van der Waals surface area contributed by atoms with Crippen LogP contribution < -0.4 is 4.74 Å². The van der Waals surface area contributed by atoms with Crippen molar-refractivity contribution in [3.8, 4) is 17.0 Å². The van der Waals surface area contributed by atoms with Crippen LogP contribution in [0.15, 0.2) is 79.0 Å². The topological polar surface area (TPSA) is 44.1 Å². The minimum absolute atomic E-state index is 0.00917. The number of nitrogens with zero attached hydrogens (tertiary/aromatic N) is 2. The van der Waals surface area contributed by atoms with Gasteiger partial charge < -0.3 is 4.74 Å². The minimum atomic E-state index is -0.410. The zero-order valence-electron chi connectivity index (χ0n) is 16.2. The number of carbonyl (C=O) groups is 1. The van der Waals surface area contributed by atoms with Crippen molar-refractivity contribution < 1.29 is 13.9 Å². The Bertz CT molecular complexity index is 1200. The molecule has 0 aliphatic rings. The average molecular weight is 421 g/mol. The molecule has 1 heterocycles. The number of halogens is 2. The van der Waals surface area contributed by atoms with E-state index in [0.29, 0.717) is 27.6 Å². The molecule has 0 aliphatic heterocycles. The van der Waals surface area contributed by atoms with Gasteiger partial charge in [-0.2, -0.15) is 5.10 Å². The van der Waals surface area contributed by atoms with Crippen molar-refractivity contribution in [2.75, 3.05) is 0 Å². The number of aromatic nitrogens is 2. The summed E-state index contributed by atoms with van der Waals surface area (Å²) in [6.07, 6.45) is 1.63. The number of ether oxygens (including phenoxy) is 1. The predicted octanol–water partition coefficient (Wildman–Crippen LogP) is 5.92. The van der Waals surface area contributed by atoms with E-state index < -0.39 is 5.82 Å². The molecule has 4 rings (SSSR count). The largest absolute Gasteiger partial charge is 0.489 e. The molecule has 30 heavy (non-hydrogen) atoms. The van der Waals surface area contributed by atoms with Crippen LogP contribution in [0.4, 0.5) is 4.39 Å². The van der Waals surface area contributed by atoms with Crippen molar-refractivity contribution in [3.63, 3.8) is 0 Å². The van der Waals surface area contributed by atoms with Crippen LogP contribution in [0, 0.1) is 12.7 Å². The molecule has 150 valence electrons. The lowest BCUT2D eigenvalue weighted by atomic mass is 10.1. The van der Waals surface area contributed by atoms with Crippen LogP contribution in [0.3, 0.4) is 0 Å². The van der Waals surface area contributed by atoms with Gasteiger partial charge in [-0.25, -0.2) is 9.07 Å². The monoisotopic (exact) mass is 420 g/mol. The minimum Gasteiger partial charge on any atom is -0.489 e. The standard InChI is InChI=1S/C24H18ClFN2O2/c1-16-5-2-7-18(13-16)24(29)28-12-11-23(27-28)17-6-3-8-19(14-17)30-15-20-21(25)9-4-10-22(20)26/h2-14H,15H2,1H3. The molecular weight excluding hydrogens is 403 g/mol. The molecule has 6 heteroatoms. The molecule has 0 atom stereocenters. The van der Waals surface area contributed by atoms with Crippen molar-refractivity contribution in [3.05, 3.63) is 107 Å². The number of carbonyl (C=O) groups excluding carboxylic acids is 1. The third-order valence-corrected chi connectivity index (χ3v) is 4.99. The van der Waals surface area contributed by atoms with Gasteiger partial charge in [0.05, 0.1) is 10.7 Å². The Kier molecular flexibility index (Phi) is 5.63. The molecule has 3 aromatic carbocycles. The first-order valence-corrected chi connectivity index (χ1v) is 9.72. The summed E-state index contributed by atoms with van der Waals surface area (Å²) in [4.78, 5) is 12.7. The molecule has 1 aromatic heterocycles. The summed E-state index contributed by atoms with van der Waals surface area (Å²) in [5, 5.41) is 4.72. The smallest absolute Gasteiger partial charge is 0.278 e. The molecule has 0 aliphatic carbocycles. The SMILES string of the molecule is Cc1cccc(C(=O)n2ccc(-c3cccc(OCc4c(F)cccc4Cl)c3)n2)c1. The van der Waals surface area contributed by atoms with Crippen LogP contribution in [-0.2, 0) is 6.61 Å². The first-order chi connectivity index (χ1) is 14.5. The van der Waals surface area contributed by atoms with Crippen LogP contribution in [0.25, 0.3) is 11.3 Å². The maximum Gasteiger partial charge on any atom is 0.278 e. The molecule has 0 fully saturated rings. The summed E-state index contributed by atoms with van der Waals surface area (Å²) in [6.45, 7) is 1.94. The predicted molar refractivity (Wildman–Crippen MR) is 114 cm³/mol. The van der Waals surface area contributed by atoms with Gasteiger partial charge in [0.15, 0.2) is 0 Å². The summed E-state index contributed by atoms with van der Waals surface area (Å²) in [6, 6.07) is 20.9. The van der Waals surface area contributed by atoms with Crippen LogP contribution in [-0.4, -0.2) is 15.7 Å². The highest BCUT2D eigenvalue weighted by atomic mass is 35.5. The highest BCUT2D eigenvalue weighted by molar-refractivity contribution is 6.31. The molecule has 0 spiro atoms. The third kappa shape index (κ3) is 4.26. The van der Waals surface area contributed by atoms with Crippen LogP contribution >= 0.6 is 11.6 Å². The van der Waals surface area contributed by atoms with Gasteiger partial charge >= 0.3 is 0 Å². The van der Waals surface area contributed by atoms with Crippen LogP contribution in [0.5, 0.6) is 5.75 Å². The van der Waals surface area contributed by atoms with Gasteiger partial charge in [-0.3, -0.25) is 4.79 Å². The number of rotatable bonds is 5. The van der Waals surface area contributed by atoms with Crippen LogP contribution in [0.1, 0.15) is 21.5 Å². The van der Waals surface area contributed by atoms with Gasteiger partial charge in [-0.05, 0) is 49.4 Å². The fourth-order valence-corrected chi connectivity index (χ4v) is 3.29. The fraction of sp³-hybridized carbons (Fsp3) is 0.0833. The molecular formula is C24H18ClFN2O2. The molecule has 0 bridgehead atoms. The van der Waals surface area contributed by atoms with E-state index in [1.807, 2.05) is 37.3 Å². The van der Waals surface area contributed by atoms with Gasteiger partial charge in [-0.15, -0.1) is 0 Å². The van der Waals surface area contributed by atoms with E-state index in [4.69, 9.17) is 16.3 Å². The summed E-state index contributed by atoms with van der Waals surface area (Å²) >= 11 is 6.05. The number of hydrogen-bond acceptors (Lipinski definition) is 3. The summed E-state index contributed by atoms with van der Waals surface area (Å²) in [5.41, 5.74) is 3.29. The molecule has 0 unspecified atom stereocenters. The Morgan fingerprint density at radius 1 is 1.07 bits per heavy atom. The van der Waals surface area contributed by atoms with E-state index >= 15 is 0 Å². The second kappa shape index (κ2) is 8.51. The number of aryl methyl sites for hydroxylation is 1.